The number of allylic oxidation sites excluding steroid dienone is 4. The molecule has 0 amide bonds. The molecule has 0 saturated heterocycles. The maximum Gasteiger partial charge on any atom is -0.0348 e. The minimum atomic E-state index is 1.25. The van der Waals surface area contributed by atoms with Crippen molar-refractivity contribution in [2.24, 2.45) is 0 Å². The third-order valence-electron chi connectivity index (χ3n) is 3.33. The summed E-state index contributed by atoms with van der Waals surface area (Å²) in [5, 5.41) is 0. The first-order valence-corrected chi connectivity index (χ1v) is 8.23. The van der Waals surface area contributed by atoms with Crippen molar-refractivity contribution >= 4 is 0 Å². The lowest BCUT2D eigenvalue weighted by atomic mass is 10.1. The predicted octanol–water partition coefficient (Wildman–Crippen LogP) is 6.82. The Morgan fingerprint density at radius 3 is 1.39 bits per heavy atom. The van der Waals surface area contributed by atoms with Gasteiger partial charge in [0.2, 0.25) is 0 Å². The summed E-state index contributed by atoms with van der Waals surface area (Å²) in [7, 11) is 0. The topological polar surface area (TPSA) is 0 Å². The minimum Gasteiger partial charge on any atom is -0.0845 e. The molecule has 0 aromatic rings. The van der Waals surface area contributed by atoms with E-state index in [1.807, 2.05) is 0 Å². The van der Waals surface area contributed by atoms with Gasteiger partial charge in [-0.3, -0.25) is 0 Å². The van der Waals surface area contributed by atoms with E-state index in [2.05, 4.69) is 38.2 Å². The molecule has 0 N–H and O–H groups in total. The van der Waals surface area contributed by atoms with Crippen LogP contribution in [0.2, 0.25) is 0 Å². The minimum absolute atomic E-state index is 1.25. The van der Waals surface area contributed by atoms with E-state index < -0.39 is 0 Å². The van der Waals surface area contributed by atoms with E-state index in [0.717, 1.165) is 0 Å². The van der Waals surface area contributed by atoms with Crippen LogP contribution >= 0.6 is 0 Å². The highest BCUT2D eigenvalue weighted by atomic mass is 13.9. The van der Waals surface area contributed by atoms with Gasteiger partial charge in [0.1, 0.15) is 0 Å². The van der Waals surface area contributed by atoms with Gasteiger partial charge in [-0.15, -0.1) is 0 Å². The van der Waals surface area contributed by atoms with E-state index >= 15 is 0 Å². The predicted molar refractivity (Wildman–Crippen MR) is 85.0 cm³/mol. The summed E-state index contributed by atoms with van der Waals surface area (Å²) in [5.74, 6) is 0. The van der Waals surface area contributed by atoms with E-state index in [1.165, 1.54) is 77.0 Å². The molecule has 18 heavy (non-hydrogen) atoms. The van der Waals surface area contributed by atoms with Crippen LogP contribution in [0.5, 0.6) is 0 Å². The number of hydrogen-bond acceptors (Lipinski definition) is 0. The van der Waals surface area contributed by atoms with Crippen molar-refractivity contribution in [1.82, 2.24) is 0 Å². The van der Waals surface area contributed by atoms with Crippen molar-refractivity contribution in [1.29, 1.82) is 0 Å². The lowest BCUT2D eigenvalue weighted by Gasteiger charge is -1.97. The summed E-state index contributed by atoms with van der Waals surface area (Å²) in [6.45, 7) is 4.54. The van der Waals surface area contributed by atoms with Crippen LogP contribution in [0.4, 0.5) is 0 Å². The van der Waals surface area contributed by atoms with Crippen molar-refractivity contribution in [2.45, 2.75) is 90.9 Å². The van der Waals surface area contributed by atoms with Crippen molar-refractivity contribution in [3.05, 3.63) is 24.3 Å². The van der Waals surface area contributed by atoms with Gasteiger partial charge in [0.15, 0.2) is 0 Å². The van der Waals surface area contributed by atoms with Gasteiger partial charge in [0.25, 0.3) is 0 Å². The summed E-state index contributed by atoms with van der Waals surface area (Å²) in [4.78, 5) is 0. The van der Waals surface area contributed by atoms with Crippen LogP contribution in [0.15, 0.2) is 24.3 Å². The Bertz CT molecular complexity index is 188. The molecule has 0 nitrogen and oxygen atoms in total. The molecule has 0 saturated carbocycles. The average Bonchev–Trinajstić information content (AvgIpc) is 2.39. The Morgan fingerprint density at radius 1 is 0.500 bits per heavy atom. The third-order valence-corrected chi connectivity index (χ3v) is 3.33. The molecule has 0 fully saturated rings. The van der Waals surface area contributed by atoms with Crippen molar-refractivity contribution < 1.29 is 0 Å². The van der Waals surface area contributed by atoms with Gasteiger partial charge >= 0.3 is 0 Å². The lowest BCUT2D eigenvalue weighted by Crippen LogP contribution is -1.77. The van der Waals surface area contributed by atoms with E-state index in [4.69, 9.17) is 0 Å². The highest BCUT2D eigenvalue weighted by molar-refractivity contribution is 5.02. The van der Waals surface area contributed by atoms with Crippen LogP contribution in [0.25, 0.3) is 0 Å². The van der Waals surface area contributed by atoms with Crippen molar-refractivity contribution in [2.75, 3.05) is 0 Å². The summed E-state index contributed by atoms with van der Waals surface area (Å²) in [6, 6.07) is 0. The van der Waals surface area contributed by atoms with Gasteiger partial charge in [-0.05, 0) is 25.7 Å². The average molecular weight is 250 g/mol. The normalized spacial score (nSPS) is 11.9. The smallest absolute Gasteiger partial charge is 0.0348 e. The standard InChI is InChI=1S/C18H34/c1-3-5-7-9-11-13-15-17-18-16-14-12-10-8-6-4-2/h13,15,17-18H,3-12,14,16H2,1-2H3/b15-13?,18-17-. The Kier molecular flexibility index (Phi) is 16.0. The van der Waals surface area contributed by atoms with Crippen LogP contribution < -0.4 is 0 Å². The fraction of sp³-hybridized carbons (Fsp3) is 0.778. The largest absolute Gasteiger partial charge is 0.0845 e. The molecule has 0 rings (SSSR count). The molecule has 106 valence electrons. The van der Waals surface area contributed by atoms with Crippen LogP contribution in [0, 0.1) is 0 Å². The summed E-state index contributed by atoms with van der Waals surface area (Å²) in [6.07, 6.45) is 25.5. The molecule has 0 aliphatic heterocycles. The molecule has 0 bridgehead atoms. The Balaban J connectivity index is 3.14. The second-order valence-corrected chi connectivity index (χ2v) is 5.26. The van der Waals surface area contributed by atoms with Gasteiger partial charge in [-0.2, -0.15) is 0 Å². The summed E-state index contributed by atoms with van der Waals surface area (Å²) >= 11 is 0. The molecule has 0 aliphatic carbocycles. The first-order valence-electron chi connectivity index (χ1n) is 8.23. The molecular formula is C18H34. The third kappa shape index (κ3) is 15.5. The van der Waals surface area contributed by atoms with Crippen LogP contribution in [0.1, 0.15) is 90.9 Å². The fourth-order valence-electron chi connectivity index (χ4n) is 2.08. The highest BCUT2D eigenvalue weighted by Crippen LogP contribution is 2.07. The van der Waals surface area contributed by atoms with Crippen LogP contribution in [-0.2, 0) is 0 Å². The Morgan fingerprint density at radius 2 is 0.889 bits per heavy atom. The summed E-state index contributed by atoms with van der Waals surface area (Å²) in [5.41, 5.74) is 0. The lowest BCUT2D eigenvalue weighted by molar-refractivity contribution is 0.611. The Hall–Kier alpha value is -0.520. The van der Waals surface area contributed by atoms with Gasteiger partial charge in [0, 0.05) is 0 Å². The molecule has 0 heteroatoms. The molecule has 0 aliphatic rings. The second-order valence-electron chi connectivity index (χ2n) is 5.26. The second kappa shape index (κ2) is 16.5. The molecule has 0 atom stereocenters. The SMILES string of the molecule is CCCCCCC=C/C=C\CCCCCCCC. The molecule has 0 aromatic carbocycles. The van der Waals surface area contributed by atoms with Gasteiger partial charge in [-0.25, -0.2) is 0 Å². The first-order chi connectivity index (χ1) is 8.91. The molecule has 0 spiro atoms. The highest BCUT2D eigenvalue weighted by Gasteiger charge is 1.87. The monoisotopic (exact) mass is 250 g/mol. The zero-order chi connectivity index (χ0) is 13.3. The van der Waals surface area contributed by atoms with E-state index in [0.29, 0.717) is 0 Å². The fourth-order valence-corrected chi connectivity index (χ4v) is 2.08. The van der Waals surface area contributed by atoms with Gasteiger partial charge < -0.3 is 0 Å². The zero-order valence-electron chi connectivity index (χ0n) is 12.8. The number of unbranched alkanes of at least 4 members (excludes halogenated alkanes) is 10. The molecule has 0 unspecified atom stereocenters. The zero-order valence-corrected chi connectivity index (χ0v) is 12.8. The molecular weight excluding hydrogens is 216 g/mol. The maximum atomic E-state index is 2.32. The maximum absolute atomic E-state index is 2.32. The van der Waals surface area contributed by atoms with Crippen molar-refractivity contribution in [3.63, 3.8) is 0 Å². The summed E-state index contributed by atoms with van der Waals surface area (Å²) < 4.78 is 0. The Labute approximate surface area is 116 Å². The van der Waals surface area contributed by atoms with E-state index in [-0.39, 0.29) is 0 Å². The van der Waals surface area contributed by atoms with Crippen LogP contribution in [-0.4, -0.2) is 0 Å². The van der Waals surface area contributed by atoms with E-state index in [9.17, 15) is 0 Å². The van der Waals surface area contributed by atoms with Crippen molar-refractivity contribution in [3.8, 4) is 0 Å². The first kappa shape index (κ1) is 17.5. The van der Waals surface area contributed by atoms with Gasteiger partial charge in [0.05, 0.1) is 0 Å². The quantitative estimate of drug-likeness (QED) is 0.248. The molecule has 0 aromatic heterocycles. The van der Waals surface area contributed by atoms with Crippen LogP contribution in [0.3, 0.4) is 0 Å². The molecule has 0 radical (unpaired) electrons. The molecule has 0 heterocycles. The number of rotatable bonds is 13. The van der Waals surface area contributed by atoms with E-state index in [1.54, 1.807) is 0 Å². The van der Waals surface area contributed by atoms with Gasteiger partial charge in [-0.1, -0.05) is 89.5 Å². The number of hydrogen-bond donors (Lipinski definition) is 0.